The lowest BCUT2D eigenvalue weighted by atomic mass is 10.1. The number of nitrogens with zero attached hydrogens (tertiary/aromatic N) is 2. The van der Waals surface area contributed by atoms with E-state index in [9.17, 15) is 4.79 Å². The van der Waals surface area contributed by atoms with Crippen LogP contribution in [0.4, 0.5) is 4.79 Å². The van der Waals surface area contributed by atoms with Crippen LogP contribution in [0.15, 0.2) is 60.7 Å². The molecule has 1 aliphatic heterocycles. The summed E-state index contributed by atoms with van der Waals surface area (Å²) >= 11 is 0. The van der Waals surface area contributed by atoms with Crippen molar-refractivity contribution in [3.63, 3.8) is 0 Å². The van der Waals surface area contributed by atoms with E-state index >= 15 is 0 Å². The Hall–Kier alpha value is -2.37. The first-order valence-electron chi connectivity index (χ1n) is 10.2. The second-order valence-corrected chi connectivity index (χ2v) is 7.72. The molecule has 28 heavy (non-hydrogen) atoms. The Morgan fingerprint density at radius 1 is 0.964 bits per heavy atom. The molecule has 150 valence electrons. The van der Waals surface area contributed by atoms with Crippen LogP contribution >= 0.6 is 0 Å². The lowest BCUT2D eigenvalue weighted by Gasteiger charge is -2.27. The average molecular weight is 381 g/mol. The summed E-state index contributed by atoms with van der Waals surface area (Å²) in [6.07, 6.45) is 2.49. The summed E-state index contributed by atoms with van der Waals surface area (Å²) in [6, 6.07) is 20.6. The molecule has 3 rings (SSSR count). The van der Waals surface area contributed by atoms with Crippen molar-refractivity contribution >= 4 is 6.03 Å². The summed E-state index contributed by atoms with van der Waals surface area (Å²) < 4.78 is 0. The molecule has 5 heteroatoms. The number of likely N-dealkylation sites (N-methyl/N-ethyl adjacent to an activating group) is 1. The molecular weight excluding hydrogens is 348 g/mol. The first kappa shape index (κ1) is 20.4. The largest absolute Gasteiger partial charge is 0.336 e. The monoisotopic (exact) mass is 380 g/mol. The molecule has 0 aromatic heterocycles. The van der Waals surface area contributed by atoms with Crippen molar-refractivity contribution in [2.75, 3.05) is 40.3 Å². The number of likely N-dealkylation sites (tertiary alicyclic amines) is 1. The Morgan fingerprint density at radius 2 is 1.54 bits per heavy atom. The van der Waals surface area contributed by atoms with Gasteiger partial charge in [0.05, 0.1) is 12.1 Å². The molecule has 5 nitrogen and oxygen atoms in total. The summed E-state index contributed by atoms with van der Waals surface area (Å²) in [6.45, 7) is 3.65. The van der Waals surface area contributed by atoms with Gasteiger partial charge in [0, 0.05) is 13.1 Å². The first-order chi connectivity index (χ1) is 13.6. The molecule has 2 aromatic rings. The predicted molar refractivity (Wildman–Crippen MR) is 114 cm³/mol. The van der Waals surface area contributed by atoms with Gasteiger partial charge in [0.15, 0.2) is 0 Å². The van der Waals surface area contributed by atoms with Crippen LogP contribution in [0.1, 0.15) is 36.1 Å². The minimum Gasteiger partial charge on any atom is -0.336 e. The van der Waals surface area contributed by atoms with Crippen molar-refractivity contribution in [3.05, 3.63) is 71.8 Å². The molecule has 1 fully saturated rings. The number of carbonyl (C=O) groups is 1. The molecule has 2 amide bonds. The van der Waals surface area contributed by atoms with Gasteiger partial charge in [-0.1, -0.05) is 60.7 Å². The lowest BCUT2D eigenvalue weighted by Crippen LogP contribution is -2.44. The third-order valence-electron chi connectivity index (χ3n) is 5.41. The Morgan fingerprint density at radius 3 is 2.11 bits per heavy atom. The third kappa shape index (κ3) is 5.81. The zero-order chi connectivity index (χ0) is 19.8. The van der Waals surface area contributed by atoms with E-state index in [2.05, 4.69) is 44.7 Å². The van der Waals surface area contributed by atoms with Crippen LogP contribution in [0.2, 0.25) is 0 Å². The summed E-state index contributed by atoms with van der Waals surface area (Å²) in [5.41, 5.74) is 2.35. The maximum atomic E-state index is 12.7. The van der Waals surface area contributed by atoms with Crippen molar-refractivity contribution in [2.45, 2.75) is 24.9 Å². The Kier molecular flexibility index (Phi) is 7.46. The Bertz CT molecular complexity index is 714. The average Bonchev–Trinajstić information content (AvgIpc) is 3.22. The van der Waals surface area contributed by atoms with E-state index in [1.165, 1.54) is 18.4 Å². The molecule has 1 aliphatic rings. The molecule has 2 unspecified atom stereocenters. The van der Waals surface area contributed by atoms with Crippen LogP contribution in [0.5, 0.6) is 0 Å². The van der Waals surface area contributed by atoms with Crippen molar-refractivity contribution in [1.29, 1.82) is 0 Å². The second-order valence-electron chi connectivity index (χ2n) is 7.72. The lowest BCUT2D eigenvalue weighted by molar-refractivity contribution is 0.223. The summed E-state index contributed by atoms with van der Waals surface area (Å²) in [5.74, 6) is 0. The molecule has 1 saturated heterocycles. The van der Waals surface area contributed by atoms with Crippen molar-refractivity contribution in [2.24, 2.45) is 0 Å². The first-order valence-corrected chi connectivity index (χ1v) is 10.2. The van der Waals surface area contributed by atoms with E-state index in [1.54, 1.807) is 0 Å². The number of rotatable bonds is 8. The van der Waals surface area contributed by atoms with Crippen LogP contribution < -0.4 is 10.6 Å². The molecule has 2 aromatic carbocycles. The van der Waals surface area contributed by atoms with Gasteiger partial charge in [-0.25, -0.2) is 4.79 Å². The Labute approximate surface area is 168 Å². The Balaban J connectivity index is 1.61. The highest BCUT2D eigenvalue weighted by Gasteiger charge is 2.21. The van der Waals surface area contributed by atoms with Gasteiger partial charge in [-0.15, -0.1) is 0 Å². The smallest absolute Gasteiger partial charge is 0.315 e. The van der Waals surface area contributed by atoms with Gasteiger partial charge in [-0.2, -0.15) is 0 Å². The summed E-state index contributed by atoms with van der Waals surface area (Å²) in [7, 11) is 4.08. The maximum absolute atomic E-state index is 12.7. The van der Waals surface area contributed by atoms with Crippen molar-refractivity contribution in [3.8, 4) is 0 Å². The van der Waals surface area contributed by atoms with Gasteiger partial charge in [-0.05, 0) is 51.2 Å². The molecule has 1 heterocycles. The fourth-order valence-electron chi connectivity index (χ4n) is 3.82. The number of urea groups is 1. The van der Waals surface area contributed by atoms with E-state index < -0.39 is 0 Å². The second kappa shape index (κ2) is 10.2. The molecule has 0 radical (unpaired) electrons. The minimum absolute atomic E-state index is 0.00571. The predicted octanol–water partition coefficient (Wildman–Crippen LogP) is 3.43. The standard InChI is InChI=1S/C23H32N4O/c1-26(2)22(20-13-7-4-8-14-20)17-24-23(28)25-21(18-27-15-9-10-16-27)19-11-5-3-6-12-19/h3-8,11-14,21-22H,9-10,15-18H2,1-2H3,(H2,24,25,28). The molecule has 2 atom stereocenters. The van der Waals surface area contributed by atoms with Gasteiger partial charge in [0.2, 0.25) is 0 Å². The van der Waals surface area contributed by atoms with E-state index in [0.29, 0.717) is 6.54 Å². The van der Waals surface area contributed by atoms with Crippen LogP contribution in [0.3, 0.4) is 0 Å². The van der Waals surface area contributed by atoms with E-state index in [0.717, 1.165) is 25.2 Å². The van der Waals surface area contributed by atoms with Gasteiger partial charge in [-0.3, -0.25) is 0 Å². The highest BCUT2D eigenvalue weighted by atomic mass is 16.2. The van der Waals surface area contributed by atoms with Crippen LogP contribution in [-0.4, -0.2) is 56.1 Å². The number of carbonyl (C=O) groups excluding carboxylic acids is 1. The number of hydrogen-bond donors (Lipinski definition) is 2. The van der Waals surface area contributed by atoms with Gasteiger partial charge >= 0.3 is 6.03 Å². The topological polar surface area (TPSA) is 47.6 Å². The normalized spacial score (nSPS) is 16.7. The molecule has 0 bridgehead atoms. The van der Waals surface area contributed by atoms with Gasteiger partial charge < -0.3 is 20.4 Å². The molecule has 0 spiro atoms. The van der Waals surface area contributed by atoms with Crippen LogP contribution in [0.25, 0.3) is 0 Å². The summed E-state index contributed by atoms with van der Waals surface area (Å²) in [4.78, 5) is 17.3. The van der Waals surface area contributed by atoms with Crippen molar-refractivity contribution in [1.82, 2.24) is 20.4 Å². The molecule has 0 aliphatic carbocycles. The highest BCUT2D eigenvalue weighted by Crippen LogP contribution is 2.19. The number of nitrogens with one attached hydrogen (secondary N) is 2. The van der Waals surface area contributed by atoms with Crippen molar-refractivity contribution < 1.29 is 4.79 Å². The van der Waals surface area contributed by atoms with E-state index in [1.807, 2.05) is 50.5 Å². The molecule has 2 N–H and O–H groups in total. The SMILES string of the molecule is CN(C)C(CNC(=O)NC(CN1CCCC1)c1ccccc1)c1ccccc1. The van der Waals surface area contributed by atoms with E-state index in [-0.39, 0.29) is 18.1 Å². The number of hydrogen-bond acceptors (Lipinski definition) is 3. The van der Waals surface area contributed by atoms with Gasteiger partial charge in [0.25, 0.3) is 0 Å². The van der Waals surface area contributed by atoms with Crippen LogP contribution in [0, 0.1) is 0 Å². The zero-order valence-electron chi connectivity index (χ0n) is 17.0. The van der Waals surface area contributed by atoms with E-state index in [4.69, 9.17) is 0 Å². The highest BCUT2D eigenvalue weighted by molar-refractivity contribution is 5.74. The van der Waals surface area contributed by atoms with Gasteiger partial charge in [0.1, 0.15) is 0 Å². The molecule has 0 saturated carbocycles. The van der Waals surface area contributed by atoms with Crippen LogP contribution in [-0.2, 0) is 0 Å². The fourth-order valence-corrected chi connectivity index (χ4v) is 3.82. The quantitative estimate of drug-likeness (QED) is 0.738. The number of benzene rings is 2. The third-order valence-corrected chi connectivity index (χ3v) is 5.41. The fraction of sp³-hybridized carbons (Fsp3) is 0.435. The number of amides is 2. The maximum Gasteiger partial charge on any atom is 0.315 e. The minimum atomic E-state index is -0.115. The summed E-state index contributed by atoms with van der Waals surface area (Å²) in [5, 5.41) is 6.27. The zero-order valence-corrected chi connectivity index (χ0v) is 17.0. The molecular formula is C23H32N4O.